The fraction of sp³-hybridized carbons (Fsp3) is 0.182. The lowest BCUT2D eigenvalue weighted by Gasteiger charge is -2.03. The normalized spacial score (nSPS) is 10.7. The van der Waals surface area contributed by atoms with Gasteiger partial charge in [0, 0.05) is 18.6 Å². The Bertz CT molecular complexity index is 511. The van der Waals surface area contributed by atoms with Crippen molar-refractivity contribution in [3.63, 3.8) is 0 Å². The molecule has 0 aliphatic rings. The lowest BCUT2D eigenvalue weighted by Crippen LogP contribution is -2.00. The van der Waals surface area contributed by atoms with Crippen LogP contribution in [0.1, 0.15) is 15.9 Å². The topological polar surface area (TPSA) is 42.2 Å². The number of hydrogen-bond acceptors (Lipinski definition) is 1. The largest absolute Gasteiger partial charge is 0.478 e. The Hall–Kier alpha value is -1.77. The van der Waals surface area contributed by atoms with E-state index in [0.717, 1.165) is 16.5 Å². The monoisotopic (exact) mass is 189 g/mol. The summed E-state index contributed by atoms with van der Waals surface area (Å²) < 4.78 is 1.83. The summed E-state index contributed by atoms with van der Waals surface area (Å²) in [4.78, 5) is 11.0. The summed E-state index contributed by atoms with van der Waals surface area (Å²) in [6.45, 7) is 1.90. The zero-order chi connectivity index (χ0) is 10.3. The molecule has 1 aromatic carbocycles. The van der Waals surface area contributed by atoms with E-state index in [0.29, 0.717) is 5.56 Å². The lowest BCUT2D eigenvalue weighted by atomic mass is 10.1. The first-order valence-electron chi connectivity index (χ1n) is 4.38. The van der Waals surface area contributed by atoms with Gasteiger partial charge in [0.15, 0.2) is 0 Å². The molecular weight excluding hydrogens is 178 g/mol. The molecule has 0 aliphatic carbocycles. The van der Waals surface area contributed by atoms with Crippen LogP contribution in [0.4, 0.5) is 0 Å². The van der Waals surface area contributed by atoms with Gasteiger partial charge in [-0.2, -0.15) is 0 Å². The van der Waals surface area contributed by atoms with Gasteiger partial charge in [0.2, 0.25) is 0 Å². The van der Waals surface area contributed by atoms with Crippen molar-refractivity contribution in [2.75, 3.05) is 0 Å². The van der Waals surface area contributed by atoms with Crippen LogP contribution in [0, 0.1) is 6.92 Å². The van der Waals surface area contributed by atoms with Gasteiger partial charge in [-0.1, -0.05) is 0 Å². The van der Waals surface area contributed by atoms with Gasteiger partial charge >= 0.3 is 5.97 Å². The minimum atomic E-state index is -0.875. The second kappa shape index (κ2) is 2.87. The molecule has 0 bridgehead atoms. The van der Waals surface area contributed by atoms with Crippen LogP contribution in [0.25, 0.3) is 10.9 Å². The van der Waals surface area contributed by atoms with Crippen molar-refractivity contribution >= 4 is 16.9 Å². The first-order chi connectivity index (χ1) is 6.59. The maximum Gasteiger partial charge on any atom is 0.337 e. The summed E-state index contributed by atoms with van der Waals surface area (Å²) in [6, 6.07) is 5.61. The summed E-state index contributed by atoms with van der Waals surface area (Å²) in [6.07, 6.45) is 1.87. The Kier molecular flexibility index (Phi) is 1.81. The number of carbonyl (C=O) groups is 1. The fourth-order valence-electron chi connectivity index (χ4n) is 1.76. The Morgan fingerprint density at radius 2 is 2.14 bits per heavy atom. The summed E-state index contributed by atoms with van der Waals surface area (Å²) in [5.74, 6) is -0.875. The third kappa shape index (κ3) is 1.18. The van der Waals surface area contributed by atoms with Crippen LogP contribution in [0.3, 0.4) is 0 Å². The predicted molar refractivity (Wildman–Crippen MR) is 54.6 cm³/mol. The first-order valence-corrected chi connectivity index (χ1v) is 4.38. The van der Waals surface area contributed by atoms with Crippen molar-refractivity contribution in [3.05, 3.63) is 35.5 Å². The third-order valence-electron chi connectivity index (χ3n) is 2.34. The average molecular weight is 189 g/mol. The van der Waals surface area contributed by atoms with E-state index >= 15 is 0 Å². The molecule has 3 nitrogen and oxygen atoms in total. The van der Waals surface area contributed by atoms with E-state index in [2.05, 4.69) is 0 Å². The van der Waals surface area contributed by atoms with Crippen LogP contribution in [0.5, 0.6) is 0 Å². The second-order valence-corrected chi connectivity index (χ2v) is 3.48. The van der Waals surface area contributed by atoms with Crippen LogP contribution in [0.2, 0.25) is 0 Å². The molecule has 0 saturated carbocycles. The number of nitrogens with zero attached hydrogens (tertiary/aromatic N) is 1. The molecule has 1 N–H and O–H groups in total. The number of aryl methyl sites for hydroxylation is 2. The molecule has 0 unspecified atom stereocenters. The Balaban J connectivity index is 2.90. The van der Waals surface area contributed by atoms with Crippen LogP contribution >= 0.6 is 0 Å². The van der Waals surface area contributed by atoms with E-state index < -0.39 is 5.97 Å². The Morgan fingerprint density at radius 1 is 1.43 bits per heavy atom. The van der Waals surface area contributed by atoms with Gasteiger partial charge in [0.1, 0.15) is 0 Å². The second-order valence-electron chi connectivity index (χ2n) is 3.48. The molecule has 0 radical (unpaired) electrons. The zero-order valence-corrected chi connectivity index (χ0v) is 8.11. The molecule has 72 valence electrons. The standard InChI is InChI=1S/C11H11NO2/c1-7-5-8-3-4-12(2)10(8)9(6-7)11(13)14/h3-6H,1-2H3,(H,13,14). The molecule has 0 spiro atoms. The van der Waals surface area contributed by atoms with Crippen molar-refractivity contribution in [1.29, 1.82) is 0 Å². The number of hydrogen-bond donors (Lipinski definition) is 1. The molecule has 0 atom stereocenters. The van der Waals surface area contributed by atoms with E-state index in [-0.39, 0.29) is 0 Å². The number of aromatic nitrogens is 1. The highest BCUT2D eigenvalue weighted by Gasteiger charge is 2.11. The van der Waals surface area contributed by atoms with Crippen molar-refractivity contribution in [2.24, 2.45) is 7.05 Å². The minimum absolute atomic E-state index is 0.368. The average Bonchev–Trinajstić information content (AvgIpc) is 2.46. The molecule has 14 heavy (non-hydrogen) atoms. The number of fused-ring (bicyclic) bond motifs is 1. The highest BCUT2D eigenvalue weighted by atomic mass is 16.4. The smallest absolute Gasteiger partial charge is 0.337 e. The van der Waals surface area contributed by atoms with Gasteiger partial charge in [0.25, 0.3) is 0 Å². The maximum absolute atomic E-state index is 11.0. The van der Waals surface area contributed by atoms with Gasteiger partial charge in [-0.15, -0.1) is 0 Å². The van der Waals surface area contributed by atoms with E-state index in [1.54, 1.807) is 6.07 Å². The highest BCUT2D eigenvalue weighted by Crippen LogP contribution is 2.21. The fourth-order valence-corrected chi connectivity index (χ4v) is 1.76. The van der Waals surface area contributed by atoms with E-state index in [1.165, 1.54) is 0 Å². The third-order valence-corrected chi connectivity index (χ3v) is 2.34. The van der Waals surface area contributed by atoms with Crippen LogP contribution in [-0.4, -0.2) is 15.6 Å². The Labute approximate surface area is 81.6 Å². The number of carboxylic acid groups (broad SMARTS) is 1. The molecule has 3 heteroatoms. The lowest BCUT2D eigenvalue weighted by molar-refractivity contribution is 0.0698. The summed E-state index contributed by atoms with van der Waals surface area (Å²) in [7, 11) is 1.85. The van der Waals surface area contributed by atoms with Crippen molar-refractivity contribution in [2.45, 2.75) is 6.92 Å². The molecule has 0 saturated heterocycles. The molecule has 2 rings (SSSR count). The SMILES string of the molecule is Cc1cc(C(=O)O)c2c(ccn2C)c1. The quantitative estimate of drug-likeness (QED) is 0.747. The minimum Gasteiger partial charge on any atom is -0.478 e. The molecule has 2 aromatic rings. The van der Waals surface area contributed by atoms with Crippen LogP contribution in [0.15, 0.2) is 24.4 Å². The molecule has 0 fully saturated rings. The molecule has 0 aliphatic heterocycles. The molecular formula is C11H11NO2. The molecule has 1 heterocycles. The zero-order valence-electron chi connectivity index (χ0n) is 8.11. The van der Waals surface area contributed by atoms with Gasteiger partial charge in [-0.3, -0.25) is 0 Å². The van der Waals surface area contributed by atoms with E-state index in [4.69, 9.17) is 5.11 Å². The number of aromatic carboxylic acids is 1. The van der Waals surface area contributed by atoms with E-state index in [9.17, 15) is 4.79 Å². The number of benzene rings is 1. The van der Waals surface area contributed by atoms with Crippen molar-refractivity contribution in [1.82, 2.24) is 4.57 Å². The van der Waals surface area contributed by atoms with Crippen LogP contribution < -0.4 is 0 Å². The van der Waals surface area contributed by atoms with E-state index in [1.807, 2.05) is 36.9 Å². The van der Waals surface area contributed by atoms with Crippen molar-refractivity contribution < 1.29 is 9.90 Å². The predicted octanol–water partition coefficient (Wildman–Crippen LogP) is 2.18. The summed E-state index contributed by atoms with van der Waals surface area (Å²) in [5.41, 5.74) is 2.12. The van der Waals surface area contributed by atoms with Gasteiger partial charge in [-0.25, -0.2) is 4.79 Å². The first kappa shape index (κ1) is 8.81. The summed E-state index contributed by atoms with van der Waals surface area (Å²) in [5, 5.41) is 10.0. The van der Waals surface area contributed by atoms with Gasteiger partial charge in [-0.05, 0) is 30.7 Å². The van der Waals surface area contributed by atoms with Gasteiger partial charge in [0.05, 0.1) is 11.1 Å². The molecule has 1 aromatic heterocycles. The maximum atomic E-state index is 11.0. The number of carboxylic acids is 1. The highest BCUT2D eigenvalue weighted by molar-refractivity contribution is 6.02. The number of rotatable bonds is 1. The molecule has 0 amide bonds. The summed E-state index contributed by atoms with van der Waals surface area (Å²) >= 11 is 0. The van der Waals surface area contributed by atoms with Crippen LogP contribution in [-0.2, 0) is 7.05 Å². The van der Waals surface area contributed by atoms with Crippen molar-refractivity contribution in [3.8, 4) is 0 Å². The van der Waals surface area contributed by atoms with Gasteiger partial charge < -0.3 is 9.67 Å². The Morgan fingerprint density at radius 3 is 2.79 bits per heavy atom.